The molecule has 3 N–H and O–H groups in total. The lowest BCUT2D eigenvalue weighted by molar-refractivity contribution is 0.0664. The van der Waals surface area contributed by atoms with Crippen LogP contribution in [0.5, 0.6) is 11.5 Å². The van der Waals surface area contributed by atoms with Crippen molar-refractivity contribution in [2.75, 3.05) is 13.1 Å². The van der Waals surface area contributed by atoms with Crippen LogP contribution in [0.3, 0.4) is 0 Å². The molecule has 1 saturated heterocycles. The molecule has 0 radical (unpaired) electrons. The smallest absolute Gasteiger partial charge is 0.123 e. The predicted molar refractivity (Wildman–Crippen MR) is 60.3 cm³/mol. The highest BCUT2D eigenvalue weighted by Crippen LogP contribution is 2.24. The number of phenolic OH excluding ortho intramolecular Hbond substituents is 2. The number of likely N-dealkylation sites (tertiary alicyclic amines) is 1. The van der Waals surface area contributed by atoms with Gasteiger partial charge in [0.15, 0.2) is 0 Å². The van der Waals surface area contributed by atoms with Gasteiger partial charge in [-0.15, -0.1) is 0 Å². The molecule has 1 aliphatic heterocycles. The Morgan fingerprint density at radius 2 is 2.12 bits per heavy atom. The van der Waals surface area contributed by atoms with Gasteiger partial charge < -0.3 is 15.3 Å². The fraction of sp³-hybridized carbons (Fsp3) is 0.500. The first-order valence-corrected chi connectivity index (χ1v) is 5.56. The number of β-amino-alcohol motifs (C(OH)–C–C–N with tert-alkyl or cyclic N) is 1. The number of nitrogens with zero attached hydrogens (tertiary/aromatic N) is 1. The van der Waals surface area contributed by atoms with Gasteiger partial charge >= 0.3 is 0 Å². The lowest BCUT2D eigenvalue weighted by Gasteiger charge is -2.30. The Balaban J connectivity index is 2.02. The second-order valence-corrected chi connectivity index (χ2v) is 4.34. The molecule has 16 heavy (non-hydrogen) atoms. The van der Waals surface area contributed by atoms with Crippen molar-refractivity contribution in [1.82, 2.24) is 4.90 Å². The molecule has 1 aromatic rings. The summed E-state index contributed by atoms with van der Waals surface area (Å²) < 4.78 is 0. The van der Waals surface area contributed by atoms with Crippen LogP contribution in [0.15, 0.2) is 18.2 Å². The first kappa shape index (κ1) is 11.2. The molecule has 2 rings (SSSR count). The van der Waals surface area contributed by atoms with Crippen molar-refractivity contribution < 1.29 is 15.3 Å². The van der Waals surface area contributed by atoms with Crippen molar-refractivity contribution in [3.63, 3.8) is 0 Å². The van der Waals surface area contributed by atoms with Crippen LogP contribution in [0, 0.1) is 0 Å². The minimum Gasteiger partial charge on any atom is -0.508 e. The SMILES string of the molecule is Oc1ccc(CN2CCCC(O)C2)c(O)c1. The number of hydrogen-bond acceptors (Lipinski definition) is 4. The average Bonchev–Trinajstić information content (AvgIpc) is 2.22. The van der Waals surface area contributed by atoms with Gasteiger partial charge in [0.2, 0.25) is 0 Å². The van der Waals surface area contributed by atoms with Gasteiger partial charge in [-0.1, -0.05) is 6.07 Å². The van der Waals surface area contributed by atoms with Crippen molar-refractivity contribution in [3.05, 3.63) is 23.8 Å². The van der Waals surface area contributed by atoms with E-state index in [1.807, 2.05) is 0 Å². The van der Waals surface area contributed by atoms with E-state index in [9.17, 15) is 15.3 Å². The van der Waals surface area contributed by atoms with Gasteiger partial charge in [-0.3, -0.25) is 4.90 Å². The Bertz CT molecular complexity index is 367. The van der Waals surface area contributed by atoms with Gasteiger partial charge in [0, 0.05) is 24.7 Å². The zero-order chi connectivity index (χ0) is 11.5. The molecule has 88 valence electrons. The Morgan fingerprint density at radius 3 is 2.81 bits per heavy atom. The number of rotatable bonds is 2. The van der Waals surface area contributed by atoms with Crippen LogP contribution in [0.2, 0.25) is 0 Å². The van der Waals surface area contributed by atoms with Crippen LogP contribution in [0.4, 0.5) is 0 Å². The maximum Gasteiger partial charge on any atom is 0.123 e. The molecule has 1 atom stereocenters. The molecule has 1 heterocycles. The summed E-state index contributed by atoms with van der Waals surface area (Å²) in [5.74, 6) is 0.181. The lowest BCUT2D eigenvalue weighted by Crippen LogP contribution is -2.37. The second-order valence-electron chi connectivity index (χ2n) is 4.34. The van der Waals surface area contributed by atoms with E-state index in [1.54, 1.807) is 12.1 Å². The van der Waals surface area contributed by atoms with Crippen LogP contribution in [-0.4, -0.2) is 39.4 Å². The van der Waals surface area contributed by atoms with Crippen LogP contribution in [0.25, 0.3) is 0 Å². The van der Waals surface area contributed by atoms with E-state index < -0.39 is 0 Å². The highest BCUT2D eigenvalue weighted by Gasteiger charge is 2.18. The first-order valence-electron chi connectivity index (χ1n) is 5.56. The average molecular weight is 223 g/mol. The van der Waals surface area contributed by atoms with E-state index in [1.165, 1.54) is 6.07 Å². The summed E-state index contributed by atoms with van der Waals surface area (Å²) in [6.45, 7) is 2.21. The third kappa shape index (κ3) is 2.65. The molecule has 0 amide bonds. The summed E-state index contributed by atoms with van der Waals surface area (Å²) in [5.41, 5.74) is 0.784. The van der Waals surface area contributed by atoms with Crippen LogP contribution in [0.1, 0.15) is 18.4 Å². The van der Waals surface area contributed by atoms with Gasteiger partial charge in [0.1, 0.15) is 11.5 Å². The molecule has 1 aliphatic rings. The van der Waals surface area contributed by atoms with Crippen molar-refractivity contribution in [2.45, 2.75) is 25.5 Å². The van der Waals surface area contributed by atoms with Crippen molar-refractivity contribution in [2.24, 2.45) is 0 Å². The summed E-state index contributed by atoms with van der Waals surface area (Å²) in [6, 6.07) is 4.62. The van der Waals surface area contributed by atoms with Crippen molar-refractivity contribution >= 4 is 0 Å². The quantitative estimate of drug-likeness (QED) is 0.701. The second kappa shape index (κ2) is 4.72. The largest absolute Gasteiger partial charge is 0.508 e. The Kier molecular flexibility index (Phi) is 3.31. The number of benzene rings is 1. The van der Waals surface area contributed by atoms with Crippen molar-refractivity contribution in [1.29, 1.82) is 0 Å². The lowest BCUT2D eigenvalue weighted by atomic mass is 10.1. The number of phenols is 2. The number of hydrogen-bond donors (Lipinski definition) is 3. The van der Waals surface area contributed by atoms with Gasteiger partial charge in [-0.05, 0) is 25.5 Å². The molecule has 4 nitrogen and oxygen atoms in total. The highest BCUT2D eigenvalue weighted by molar-refractivity contribution is 5.38. The number of piperidine rings is 1. The highest BCUT2D eigenvalue weighted by atomic mass is 16.3. The summed E-state index contributed by atoms with van der Waals surface area (Å²) in [6.07, 6.45) is 1.59. The van der Waals surface area contributed by atoms with E-state index in [0.29, 0.717) is 13.1 Å². The van der Waals surface area contributed by atoms with E-state index in [2.05, 4.69) is 4.90 Å². The van der Waals surface area contributed by atoms with Crippen molar-refractivity contribution in [3.8, 4) is 11.5 Å². The summed E-state index contributed by atoms with van der Waals surface area (Å²) in [7, 11) is 0. The maximum atomic E-state index is 9.64. The summed E-state index contributed by atoms with van der Waals surface area (Å²) in [5, 5.41) is 28.3. The number of aromatic hydroxyl groups is 2. The summed E-state index contributed by atoms with van der Waals surface area (Å²) in [4.78, 5) is 2.11. The molecule has 0 saturated carbocycles. The molecule has 0 bridgehead atoms. The molecule has 1 aromatic carbocycles. The molecule has 4 heteroatoms. The first-order chi connectivity index (χ1) is 7.65. The molecular weight excluding hydrogens is 206 g/mol. The fourth-order valence-electron chi connectivity index (χ4n) is 2.10. The van der Waals surface area contributed by atoms with E-state index in [4.69, 9.17) is 0 Å². The Morgan fingerprint density at radius 1 is 1.31 bits per heavy atom. The van der Waals surface area contributed by atoms with E-state index in [-0.39, 0.29) is 17.6 Å². The Labute approximate surface area is 94.8 Å². The van der Waals surface area contributed by atoms with Gasteiger partial charge in [-0.2, -0.15) is 0 Å². The minimum absolute atomic E-state index is 0.0694. The molecular formula is C12H17NO3. The number of aliphatic hydroxyl groups excluding tert-OH is 1. The molecule has 0 aliphatic carbocycles. The minimum atomic E-state index is -0.256. The maximum absolute atomic E-state index is 9.64. The monoisotopic (exact) mass is 223 g/mol. The molecule has 1 unspecified atom stereocenters. The van der Waals surface area contributed by atoms with Crippen LogP contribution >= 0.6 is 0 Å². The fourth-order valence-corrected chi connectivity index (χ4v) is 2.10. The molecule has 1 fully saturated rings. The normalized spacial score (nSPS) is 22.2. The summed E-state index contributed by atoms with van der Waals surface area (Å²) >= 11 is 0. The Hall–Kier alpha value is -1.26. The van der Waals surface area contributed by atoms with Gasteiger partial charge in [0.25, 0.3) is 0 Å². The third-order valence-corrected chi connectivity index (χ3v) is 2.94. The molecule has 0 spiro atoms. The van der Waals surface area contributed by atoms with Gasteiger partial charge in [-0.25, -0.2) is 0 Å². The van der Waals surface area contributed by atoms with E-state index >= 15 is 0 Å². The van der Waals surface area contributed by atoms with Crippen LogP contribution < -0.4 is 0 Å². The number of aliphatic hydroxyl groups is 1. The zero-order valence-corrected chi connectivity index (χ0v) is 9.13. The zero-order valence-electron chi connectivity index (χ0n) is 9.13. The molecule has 0 aromatic heterocycles. The van der Waals surface area contributed by atoms with Gasteiger partial charge in [0.05, 0.1) is 6.10 Å². The topological polar surface area (TPSA) is 63.9 Å². The van der Waals surface area contributed by atoms with Crippen LogP contribution in [-0.2, 0) is 6.54 Å². The standard InChI is InChI=1S/C12H17NO3/c14-10-4-3-9(12(16)6-10)7-13-5-1-2-11(15)8-13/h3-4,6,11,14-16H,1-2,5,7-8H2. The van der Waals surface area contributed by atoms with E-state index in [0.717, 1.165) is 24.9 Å². The predicted octanol–water partition coefficient (Wildman–Crippen LogP) is 1.05. The third-order valence-electron chi connectivity index (χ3n) is 2.94.